The van der Waals surface area contributed by atoms with Crippen molar-refractivity contribution in [2.45, 2.75) is 6.42 Å². The van der Waals surface area contributed by atoms with Crippen LogP contribution in [0.1, 0.15) is 12.0 Å². The summed E-state index contributed by atoms with van der Waals surface area (Å²) in [6.07, 6.45) is 4.60. The third-order valence-corrected chi connectivity index (χ3v) is 4.33. The van der Waals surface area contributed by atoms with Crippen LogP contribution in [0.3, 0.4) is 0 Å². The molecule has 2 N–H and O–H groups in total. The highest BCUT2D eigenvalue weighted by atomic mass is 16.4. The predicted molar refractivity (Wildman–Crippen MR) is 75.1 cm³/mol. The Morgan fingerprint density at radius 1 is 1.14 bits per heavy atom. The molecule has 0 spiro atoms. The van der Waals surface area contributed by atoms with E-state index in [-0.39, 0.29) is 17.7 Å². The van der Waals surface area contributed by atoms with Gasteiger partial charge in [-0.05, 0) is 42.5 Å². The first kappa shape index (κ1) is 13.4. The van der Waals surface area contributed by atoms with Gasteiger partial charge in [0.15, 0.2) is 0 Å². The first-order chi connectivity index (χ1) is 10.1. The van der Waals surface area contributed by atoms with Crippen LogP contribution in [0.15, 0.2) is 36.4 Å². The maximum atomic E-state index is 12.4. The minimum absolute atomic E-state index is 0.00878. The monoisotopic (exact) mass is 282 g/mol. The molecule has 0 aliphatic heterocycles. The molecule has 0 heterocycles. The van der Waals surface area contributed by atoms with Gasteiger partial charge in [-0.25, -0.2) is 0 Å². The number of benzene rings is 1. The van der Waals surface area contributed by atoms with E-state index in [0.717, 1.165) is 6.42 Å². The summed E-state index contributed by atoms with van der Waals surface area (Å²) >= 11 is 0. The second-order valence-electron chi connectivity index (χ2n) is 5.52. The molecule has 0 radical (unpaired) electrons. The average Bonchev–Trinajstić information content (AvgIpc) is 3.08. The number of nitrogens with one attached hydrogen (secondary N) is 1. The average molecular weight is 282 g/mol. The van der Waals surface area contributed by atoms with Crippen LogP contribution in [0, 0.1) is 35.0 Å². The van der Waals surface area contributed by atoms with Gasteiger partial charge in [0, 0.05) is 5.69 Å². The van der Waals surface area contributed by atoms with Gasteiger partial charge in [0.1, 0.15) is 0 Å². The SMILES string of the molecule is N#Cc1ccc(NC(=O)[C@H]2[C@H](C(=O)O)[C@H]3C=C[C@H]2C3)cc1. The Morgan fingerprint density at radius 2 is 1.76 bits per heavy atom. The molecular formula is C16H14N2O3. The van der Waals surface area contributed by atoms with Gasteiger partial charge in [0.2, 0.25) is 5.91 Å². The molecule has 0 unspecified atom stereocenters. The number of aliphatic carboxylic acids is 1. The number of hydrogen-bond acceptors (Lipinski definition) is 3. The van der Waals surface area contributed by atoms with Crippen molar-refractivity contribution in [1.82, 2.24) is 0 Å². The molecule has 0 aromatic heterocycles. The van der Waals surface area contributed by atoms with E-state index < -0.39 is 17.8 Å². The van der Waals surface area contributed by atoms with Crippen molar-refractivity contribution in [3.8, 4) is 6.07 Å². The lowest BCUT2D eigenvalue weighted by molar-refractivity contribution is -0.146. The Morgan fingerprint density at radius 3 is 2.33 bits per heavy atom. The molecule has 5 nitrogen and oxygen atoms in total. The summed E-state index contributed by atoms with van der Waals surface area (Å²) in [5.41, 5.74) is 1.09. The van der Waals surface area contributed by atoms with Crippen LogP contribution in [0.2, 0.25) is 0 Å². The van der Waals surface area contributed by atoms with Crippen molar-refractivity contribution in [2.75, 3.05) is 5.32 Å². The smallest absolute Gasteiger partial charge is 0.307 e. The van der Waals surface area contributed by atoms with Crippen LogP contribution in [0.5, 0.6) is 0 Å². The van der Waals surface area contributed by atoms with Gasteiger partial charge in [-0.1, -0.05) is 12.2 Å². The first-order valence-electron chi connectivity index (χ1n) is 6.82. The van der Waals surface area contributed by atoms with E-state index in [9.17, 15) is 14.7 Å². The Hall–Kier alpha value is -2.61. The van der Waals surface area contributed by atoms with Crippen molar-refractivity contribution in [3.63, 3.8) is 0 Å². The van der Waals surface area contributed by atoms with Crippen LogP contribution < -0.4 is 5.32 Å². The van der Waals surface area contributed by atoms with E-state index in [0.29, 0.717) is 11.3 Å². The van der Waals surface area contributed by atoms with E-state index in [1.807, 2.05) is 18.2 Å². The number of carboxylic acids is 1. The van der Waals surface area contributed by atoms with Gasteiger partial charge in [-0.2, -0.15) is 5.26 Å². The van der Waals surface area contributed by atoms with E-state index in [2.05, 4.69) is 5.32 Å². The highest BCUT2D eigenvalue weighted by Crippen LogP contribution is 2.48. The molecule has 3 rings (SSSR count). The maximum Gasteiger partial charge on any atom is 0.307 e. The highest BCUT2D eigenvalue weighted by molar-refractivity contribution is 5.96. The van der Waals surface area contributed by atoms with E-state index in [1.165, 1.54) is 0 Å². The highest BCUT2D eigenvalue weighted by Gasteiger charge is 2.51. The van der Waals surface area contributed by atoms with E-state index >= 15 is 0 Å². The third-order valence-electron chi connectivity index (χ3n) is 4.33. The number of carboxylic acid groups (broad SMARTS) is 1. The number of fused-ring (bicyclic) bond motifs is 2. The number of hydrogen-bond donors (Lipinski definition) is 2. The fourth-order valence-corrected chi connectivity index (χ4v) is 3.37. The minimum Gasteiger partial charge on any atom is -0.481 e. The largest absolute Gasteiger partial charge is 0.481 e. The van der Waals surface area contributed by atoms with E-state index in [1.54, 1.807) is 24.3 Å². The number of allylic oxidation sites excluding steroid dienone is 2. The van der Waals surface area contributed by atoms with Crippen LogP contribution in [0.25, 0.3) is 0 Å². The fraction of sp³-hybridized carbons (Fsp3) is 0.312. The Bertz CT molecular complexity index is 657. The quantitative estimate of drug-likeness (QED) is 0.830. The molecule has 1 amide bonds. The molecule has 21 heavy (non-hydrogen) atoms. The zero-order valence-corrected chi connectivity index (χ0v) is 11.2. The van der Waals surface area contributed by atoms with Gasteiger partial charge in [-0.15, -0.1) is 0 Å². The first-order valence-corrected chi connectivity index (χ1v) is 6.82. The number of carbonyl (C=O) groups is 2. The Balaban J connectivity index is 1.77. The minimum atomic E-state index is -0.910. The molecule has 1 aromatic rings. The second kappa shape index (κ2) is 5.06. The number of anilines is 1. The number of nitrogens with zero attached hydrogens (tertiary/aromatic N) is 1. The third kappa shape index (κ3) is 2.29. The molecule has 4 atom stereocenters. The van der Waals surface area contributed by atoms with Gasteiger partial charge >= 0.3 is 5.97 Å². The molecular weight excluding hydrogens is 268 g/mol. The fourth-order valence-electron chi connectivity index (χ4n) is 3.37. The summed E-state index contributed by atoms with van der Waals surface area (Å²) in [6, 6.07) is 8.54. The van der Waals surface area contributed by atoms with Crippen LogP contribution in [0.4, 0.5) is 5.69 Å². The molecule has 1 fully saturated rings. The lowest BCUT2D eigenvalue weighted by Gasteiger charge is -2.23. The Kier molecular flexibility index (Phi) is 3.22. The molecule has 2 aliphatic carbocycles. The number of amides is 1. The van der Waals surface area contributed by atoms with Crippen molar-refractivity contribution < 1.29 is 14.7 Å². The molecule has 0 saturated heterocycles. The normalized spacial score (nSPS) is 29.1. The van der Waals surface area contributed by atoms with Gasteiger partial charge < -0.3 is 10.4 Å². The molecule has 106 valence electrons. The van der Waals surface area contributed by atoms with Gasteiger partial charge in [0.05, 0.1) is 23.5 Å². The summed E-state index contributed by atoms with van der Waals surface area (Å²) in [7, 11) is 0. The summed E-state index contributed by atoms with van der Waals surface area (Å²) in [6.45, 7) is 0. The van der Waals surface area contributed by atoms with Crippen molar-refractivity contribution in [3.05, 3.63) is 42.0 Å². The molecule has 1 aromatic carbocycles. The summed E-state index contributed by atoms with van der Waals surface area (Å²) in [5.74, 6) is -2.36. The maximum absolute atomic E-state index is 12.4. The van der Waals surface area contributed by atoms with Crippen LogP contribution in [-0.2, 0) is 9.59 Å². The summed E-state index contributed by atoms with van der Waals surface area (Å²) in [5, 5.41) is 20.8. The molecule has 2 bridgehead atoms. The van der Waals surface area contributed by atoms with Gasteiger partial charge in [0.25, 0.3) is 0 Å². The number of rotatable bonds is 3. The molecule has 5 heteroatoms. The van der Waals surface area contributed by atoms with E-state index in [4.69, 9.17) is 5.26 Å². The number of nitriles is 1. The Labute approximate surface area is 121 Å². The van der Waals surface area contributed by atoms with Crippen molar-refractivity contribution in [1.29, 1.82) is 5.26 Å². The molecule has 2 aliphatic rings. The zero-order chi connectivity index (χ0) is 15.0. The van der Waals surface area contributed by atoms with Crippen LogP contribution >= 0.6 is 0 Å². The zero-order valence-electron chi connectivity index (χ0n) is 11.2. The topological polar surface area (TPSA) is 90.2 Å². The molecule has 1 saturated carbocycles. The standard InChI is InChI=1S/C16H14N2O3/c17-8-9-1-5-12(6-2-9)18-15(19)13-10-3-4-11(7-10)14(13)16(20)21/h1-6,10-11,13-14H,7H2,(H,18,19)(H,20,21)/t10-,11-,13+,14+/m0/s1. The lowest BCUT2D eigenvalue weighted by Crippen LogP contribution is -2.36. The lowest BCUT2D eigenvalue weighted by atomic mass is 9.82. The van der Waals surface area contributed by atoms with Crippen molar-refractivity contribution >= 4 is 17.6 Å². The van der Waals surface area contributed by atoms with Crippen LogP contribution in [-0.4, -0.2) is 17.0 Å². The second-order valence-corrected chi connectivity index (χ2v) is 5.52. The summed E-state index contributed by atoms with van der Waals surface area (Å²) in [4.78, 5) is 23.8. The van der Waals surface area contributed by atoms with Crippen molar-refractivity contribution in [2.24, 2.45) is 23.7 Å². The number of carbonyl (C=O) groups excluding carboxylic acids is 1. The van der Waals surface area contributed by atoms with Gasteiger partial charge in [-0.3, -0.25) is 9.59 Å². The summed E-state index contributed by atoms with van der Waals surface area (Å²) < 4.78 is 0. The predicted octanol–water partition coefficient (Wildman–Crippen LogP) is 2.02.